The van der Waals surface area contributed by atoms with Crippen molar-refractivity contribution < 1.29 is 0 Å². The molecular formula is C15H24N4. The molecule has 3 fully saturated rings. The second kappa shape index (κ2) is 4.91. The maximum absolute atomic E-state index is 4.32. The Hall–Kier alpha value is -0.870. The number of fused-ring (bicyclic) bond motifs is 1. The Morgan fingerprint density at radius 1 is 1.16 bits per heavy atom. The highest BCUT2D eigenvalue weighted by Crippen LogP contribution is 2.35. The highest BCUT2D eigenvalue weighted by Gasteiger charge is 2.31. The predicted molar refractivity (Wildman–Crippen MR) is 75.0 cm³/mol. The van der Waals surface area contributed by atoms with Crippen LogP contribution in [-0.2, 0) is 6.54 Å². The van der Waals surface area contributed by atoms with Gasteiger partial charge in [0, 0.05) is 30.9 Å². The summed E-state index contributed by atoms with van der Waals surface area (Å²) in [5.74, 6) is 0. The van der Waals surface area contributed by atoms with E-state index >= 15 is 0 Å². The van der Waals surface area contributed by atoms with E-state index in [4.69, 9.17) is 0 Å². The average Bonchev–Trinajstić information content (AvgIpc) is 3.00. The third-order valence-corrected chi connectivity index (χ3v) is 5.08. The van der Waals surface area contributed by atoms with E-state index < -0.39 is 0 Å². The molecule has 0 aromatic carbocycles. The summed E-state index contributed by atoms with van der Waals surface area (Å²) < 4.78 is 2.37. The molecule has 0 radical (unpaired) electrons. The molecule has 2 atom stereocenters. The van der Waals surface area contributed by atoms with Crippen LogP contribution < -0.4 is 5.32 Å². The lowest BCUT2D eigenvalue weighted by Crippen LogP contribution is -2.45. The van der Waals surface area contributed by atoms with Crippen LogP contribution in [0.2, 0.25) is 0 Å². The highest BCUT2D eigenvalue weighted by atomic mass is 15.2. The first-order valence-electron chi connectivity index (χ1n) is 7.88. The van der Waals surface area contributed by atoms with E-state index in [2.05, 4.69) is 19.8 Å². The third-order valence-electron chi connectivity index (χ3n) is 5.08. The van der Waals surface area contributed by atoms with Crippen molar-refractivity contribution >= 4 is 0 Å². The van der Waals surface area contributed by atoms with E-state index in [1.165, 1.54) is 57.3 Å². The van der Waals surface area contributed by atoms with Crippen LogP contribution in [-0.4, -0.2) is 39.6 Å². The molecule has 2 unspecified atom stereocenters. The van der Waals surface area contributed by atoms with Crippen LogP contribution in [0.3, 0.4) is 0 Å². The van der Waals surface area contributed by atoms with Crippen molar-refractivity contribution in [2.75, 3.05) is 13.1 Å². The number of nitrogens with zero attached hydrogens (tertiary/aromatic N) is 3. The lowest BCUT2D eigenvalue weighted by Gasteiger charge is -2.35. The monoisotopic (exact) mass is 260 g/mol. The minimum absolute atomic E-state index is 0.710. The van der Waals surface area contributed by atoms with Crippen molar-refractivity contribution in [3.05, 3.63) is 18.2 Å². The van der Waals surface area contributed by atoms with Gasteiger partial charge in [-0.3, -0.25) is 0 Å². The summed E-state index contributed by atoms with van der Waals surface area (Å²) in [4.78, 5) is 7.00. The Kier molecular flexibility index (Phi) is 3.08. The van der Waals surface area contributed by atoms with Crippen LogP contribution in [0.25, 0.3) is 0 Å². The summed E-state index contributed by atoms with van der Waals surface area (Å²) in [6, 6.07) is 2.32. The van der Waals surface area contributed by atoms with Crippen LogP contribution in [0.15, 0.2) is 12.5 Å². The Balaban J connectivity index is 1.33. The van der Waals surface area contributed by atoms with Gasteiger partial charge in [0.1, 0.15) is 0 Å². The number of hydrogen-bond donors (Lipinski definition) is 1. The molecule has 3 heterocycles. The summed E-state index contributed by atoms with van der Waals surface area (Å²) >= 11 is 0. The molecule has 4 rings (SSSR count). The summed E-state index contributed by atoms with van der Waals surface area (Å²) in [6.07, 6.45) is 12.2. The number of piperidine rings is 1. The molecule has 1 saturated carbocycles. The predicted octanol–water partition coefficient (Wildman–Crippen LogP) is 1.93. The van der Waals surface area contributed by atoms with Crippen molar-refractivity contribution in [1.82, 2.24) is 19.8 Å². The van der Waals surface area contributed by atoms with Crippen molar-refractivity contribution in [1.29, 1.82) is 0 Å². The zero-order valence-corrected chi connectivity index (χ0v) is 11.6. The quantitative estimate of drug-likeness (QED) is 0.898. The first-order valence-corrected chi connectivity index (χ1v) is 7.88. The van der Waals surface area contributed by atoms with Gasteiger partial charge < -0.3 is 14.8 Å². The molecule has 1 N–H and O–H groups in total. The molecule has 0 bridgehead atoms. The summed E-state index contributed by atoms with van der Waals surface area (Å²) in [5.41, 5.74) is 1.37. The minimum Gasteiger partial charge on any atom is -0.330 e. The number of imidazole rings is 1. The Bertz CT molecular complexity index is 437. The first kappa shape index (κ1) is 11.9. The number of rotatable bonds is 4. The Morgan fingerprint density at radius 3 is 3.00 bits per heavy atom. The zero-order chi connectivity index (χ0) is 12.7. The normalized spacial score (nSPS) is 31.6. The van der Waals surface area contributed by atoms with Crippen LogP contribution in [0.4, 0.5) is 0 Å². The average molecular weight is 260 g/mol. The zero-order valence-electron chi connectivity index (χ0n) is 11.6. The van der Waals surface area contributed by atoms with Crippen LogP contribution >= 0.6 is 0 Å². The number of aromatic nitrogens is 2. The van der Waals surface area contributed by atoms with Crippen molar-refractivity contribution in [3.63, 3.8) is 0 Å². The van der Waals surface area contributed by atoms with Gasteiger partial charge in [0.15, 0.2) is 0 Å². The lowest BCUT2D eigenvalue weighted by molar-refractivity contribution is 0.166. The summed E-state index contributed by atoms with van der Waals surface area (Å²) in [6.45, 7) is 3.63. The van der Waals surface area contributed by atoms with Gasteiger partial charge in [-0.15, -0.1) is 0 Å². The second-order valence-electron chi connectivity index (χ2n) is 6.46. The standard InChI is InChI=1S/C15H24N4/c1-2-14-8-12(5-7-18(14)6-1)17-10-15-9-16-11-19(15)13-3-4-13/h9,11-14,17H,1-8,10H2. The summed E-state index contributed by atoms with van der Waals surface area (Å²) in [5, 5.41) is 3.77. The molecule has 3 aliphatic rings. The molecule has 0 spiro atoms. The van der Waals surface area contributed by atoms with Crippen LogP contribution in [0, 0.1) is 0 Å². The molecule has 104 valence electrons. The molecule has 4 heteroatoms. The van der Waals surface area contributed by atoms with Gasteiger partial charge in [0.2, 0.25) is 0 Å². The fourth-order valence-electron chi connectivity index (χ4n) is 3.81. The van der Waals surface area contributed by atoms with Crippen LogP contribution in [0.1, 0.15) is 50.3 Å². The fraction of sp³-hybridized carbons (Fsp3) is 0.800. The third kappa shape index (κ3) is 2.43. The largest absolute Gasteiger partial charge is 0.330 e. The van der Waals surface area contributed by atoms with Crippen molar-refractivity contribution in [3.8, 4) is 0 Å². The molecule has 0 amide bonds. The van der Waals surface area contributed by atoms with Crippen molar-refractivity contribution in [2.45, 2.75) is 63.2 Å². The first-order chi connectivity index (χ1) is 9.40. The number of nitrogens with one attached hydrogen (secondary N) is 1. The van der Waals surface area contributed by atoms with Gasteiger partial charge in [0.25, 0.3) is 0 Å². The highest BCUT2D eigenvalue weighted by molar-refractivity contribution is 5.04. The van der Waals surface area contributed by atoms with Gasteiger partial charge in [-0.05, 0) is 51.6 Å². The molecule has 1 aromatic rings. The van der Waals surface area contributed by atoms with E-state index in [0.717, 1.165) is 18.6 Å². The fourth-order valence-corrected chi connectivity index (χ4v) is 3.81. The van der Waals surface area contributed by atoms with E-state index in [1.54, 1.807) is 0 Å². The molecule has 1 aliphatic carbocycles. The van der Waals surface area contributed by atoms with E-state index in [-0.39, 0.29) is 0 Å². The maximum Gasteiger partial charge on any atom is 0.0951 e. The topological polar surface area (TPSA) is 33.1 Å². The number of hydrogen-bond acceptors (Lipinski definition) is 3. The summed E-state index contributed by atoms with van der Waals surface area (Å²) in [7, 11) is 0. The minimum atomic E-state index is 0.710. The molecule has 2 aliphatic heterocycles. The molecule has 2 saturated heterocycles. The smallest absolute Gasteiger partial charge is 0.0951 e. The maximum atomic E-state index is 4.32. The van der Waals surface area contributed by atoms with E-state index in [1.807, 2.05) is 12.5 Å². The van der Waals surface area contributed by atoms with Gasteiger partial charge in [-0.25, -0.2) is 4.98 Å². The lowest BCUT2D eigenvalue weighted by atomic mass is 9.97. The SMILES string of the molecule is c1ncn(C2CC2)c1CNC1CCN2CCCC2C1. The Labute approximate surface area is 115 Å². The Morgan fingerprint density at radius 2 is 2.11 bits per heavy atom. The van der Waals surface area contributed by atoms with Crippen molar-refractivity contribution in [2.24, 2.45) is 0 Å². The van der Waals surface area contributed by atoms with Gasteiger partial charge in [-0.1, -0.05) is 0 Å². The molecule has 1 aromatic heterocycles. The van der Waals surface area contributed by atoms with Crippen LogP contribution in [0.5, 0.6) is 0 Å². The van der Waals surface area contributed by atoms with Gasteiger partial charge in [-0.2, -0.15) is 0 Å². The second-order valence-corrected chi connectivity index (χ2v) is 6.46. The van der Waals surface area contributed by atoms with E-state index in [9.17, 15) is 0 Å². The van der Waals surface area contributed by atoms with Gasteiger partial charge >= 0.3 is 0 Å². The van der Waals surface area contributed by atoms with Gasteiger partial charge in [0.05, 0.1) is 12.0 Å². The molecular weight excluding hydrogens is 236 g/mol. The molecule has 19 heavy (non-hydrogen) atoms. The molecule has 4 nitrogen and oxygen atoms in total. The van der Waals surface area contributed by atoms with E-state index in [0.29, 0.717) is 6.04 Å².